The van der Waals surface area contributed by atoms with Crippen molar-refractivity contribution < 1.29 is 22.7 Å². The van der Waals surface area contributed by atoms with Gasteiger partial charge in [-0.2, -0.15) is 0 Å². The van der Waals surface area contributed by atoms with Crippen LogP contribution < -0.4 is 19.1 Å². The van der Waals surface area contributed by atoms with Crippen molar-refractivity contribution in [2.24, 2.45) is 0 Å². The Hall–Kier alpha value is -3.23. The maximum atomic E-state index is 13.5. The van der Waals surface area contributed by atoms with Gasteiger partial charge in [0.2, 0.25) is 0 Å². The summed E-state index contributed by atoms with van der Waals surface area (Å²) in [5.74, 6) is 0.404. The van der Waals surface area contributed by atoms with E-state index in [0.717, 1.165) is 5.56 Å². The zero-order chi connectivity index (χ0) is 22.9. The Morgan fingerprint density at radius 2 is 1.78 bits per heavy atom. The fraction of sp³-hybridized carbons (Fsp3) is 0.174. The highest BCUT2D eigenvalue weighted by Crippen LogP contribution is 2.38. The van der Waals surface area contributed by atoms with Crippen molar-refractivity contribution in [1.82, 2.24) is 0 Å². The molecule has 1 heterocycles. The lowest BCUT2D eigenvalue weighted by Gasteiger charge is -2.35. The maximum absolute atomic E-state index is 13.5. The molecule has 1 N–H and O–H groups in total. The summed E-state index contributed by atoms with van der Waals surface area (Å²) < 4.78 is 39.2. The first-order valence-corrected chi connectivity index (χ1v) is 11.6. The molecule has 0 saturated carbocycles. The molecular weight excluding hydrogens is 452 g/mol. The van der Waals surface area contributed by atoms with E-state index in [0.29, 0.717) is 27.9 Å². The number of rotatable bonds is 5. The quantitative estimate of drug-likeness (QED) is 0.600. The minimum atomic E-state index is -3.96. The Labute approximate surface area is 191 Å². The number of hydrogen-bond acceptors (Lipinski definition) is 5. The van der Waals surface area contributed by atoms with Gasteiger partial charge in [0.25, 0.3) is 15.9 Å². The number of anilines is 2. The standard InChI is InChI=1S/C23H21ClN2O5S/c1-15-3-12-20-21(13-15)31-22(23(27)25-17-6-4-16(24)5-7-17)14-26(20)32(28,29)19-10-8-18(30-2)9-11-19/h3-13,22H,14H2,1-2H3,(H,25,27)/t22-/m0/s1. The number of nitrogens with zero attached hydrogens (tertiary/aromatic N) is 1. The molecule has 0 bridgehead atoms. The Morgan fingerprint density at radius 3 is 2.44 bits per heavy atom. The Balaban J connectivity index is 1.68. The van der Waals surface area contributed by atoms with Gasteiger partial charge < -0.3 is 14.8 Å². The van der Waals surface area contributed by atoms with E-state index in [2.05, 4.69) is 5.32 Å². The smallest absolute Gasteiger partial charge is 0.267 e. The molecule has 0 aromatic heterocycles. The van der Waals surface area contributed by atoms with Gasteiger partial charge in [0.05, 0.1) is 24.2 Å². The molecule has 0 fully saturated rings. The van der Waals surface area contributed by atoms with Crippen LogP contribution in [0.5, 0.6) is 11.5 Å². The molecule has 7 nitrogen and oxygen atoms in total. The van der Waals surface area contributed by atoms with Gasteiger partial charge >= 0.3 is 0 Å². The number of nitrogens with one attached hydrogen (secondary N) is 1. The lowest BCUT2D eigenvalue weighted by Crippen LogP contribution is -2.48. The fourth-order valence-corrected chi connectivity index (χ4v) is 4.96. The van der Waals surface area contributed by atoms with Crippen LogP contribution in [0.2, 0.25) is 5.02 Å². The molecule has 0 saturated heterocycles. The number of benzene rings is 3. The van der Waals surface area contributed by atoms with Crippen LogP contribution in [0.4, 0.5) is 11.4 Å². The van der Waals surface area contributed by atoms with Gasteiger partial charge in [0, 0.05) is 10.7 Å². The molecule has 9 heteroatoms. The molecule has 32 heavy (non-hydrogen) atoms. The third kappa shape index (κ3) is 4.37. The lowest BCUT2D eigenvalue weighted by molar-refractivity contribution is -0.122. The van der Waals surface area contributed by atoms with E-state index in [1.54, 1.807) is 54.6 Å². The van der Waals surface area contributed by atoms with E-state index in [-0.39, 0.29) is 11.4 Å². The predicted octanol–water partition coefficient (Wildman–Crippen LogP) is 4.25. The summed E-state index contributed by atoms with van der Waals surface area (Å²) in [7, 11) is -2.45. The first-order chi connectivity index (χ1) is 15.3. The number of fused-ring (bicyclic) bond motifs is 1. The van der Waals surface area contributed by atoms with Crippen LogP contribution >= 0.6 is 11.6 Å². The molecule has 1 amide bonds. The first-order valence-electron chi connectivity index (χ1n) is 9.78. The highest BCUT2D eigenvalue weighted by atomic mass is 35.5. The second-order valence-corrected chi connectivity index (χ2v) is 9.58. The van der Waals surface area contributed by atoms with Crippen LogP contribution in [-0.2, 0) is 14.8 Å². The van der Waals surface area contributed by atoms with Gasteiger partial charge in [-0.3, -0.25) is 9.10 Å². The second-order valence-electron chi connectivity index (χ2n) is 7.29. The minimum Gasteiger partial charge on any atom is -0.497 e. The number of carbonyl (C=O) groups excluding carboxylic acids is 1. The van der Waals surface area contributed by atoms with Crippen LogP contribution in [0, 0.1) is 6.92 Å². The molecule has 0 radical (unpaired) electrons. The number of hydrogen-bond donors (Lipinski definition) is 1. The Kier molecular flexibility index (Phi) is 5.99. The highest BCUT2D eigenvalue weighted by Gasteiger charge is 2.37. The minimum absolute atomic E-state index is 0.0867. The molecular formula is C23H21ClN2O5S. The number of carbonyl (C=O) groups is 1. The van der Waals surface area contributed by atoms with Crippen LogP contribution in [-0.4, -0.2) is 34.1 Å². The second kappa shape index (κ2) is 8.72. The summed E-state index contributed by atoms with van der Waals surface area (Å²) in [5, 5.41) is 3.29. The van der Waals surface area contributed by atoms with E-state index in [9.17, 15) is 13.2 Å². The van der Waals surface area contributed by atoms with Crippen molar-refractivity contribution in [2.75, 3.05) is 23.3 Å². The van der Waals surface area contributed by atoms with Crippen molar-refractivity contribution in [3.63, 3.8) is 0 Å². The highest BCUT2D eigenvalue weighted by molar-refractivity contribution is 7.92. The Bertz CT molecular complexity index is 1240. The van der Waals surface area contributed by atoms with E-state index in [4.69, 9.17) is 21.1 Å². The molecule has 0 unspecified atom stereocenters. The van der Waals surface area contributed by atoms with Gasteiger partial charge in [-0.1, -0.05) is 17.7 Å². The molecule has 166 valence electrons. The number of aryl methyl sites for hydroxylation is 1. The number of ether oxygens (including phenoxy) is 2. The molecule has 3 aromatic carbocycles. The average Bonchev–Trinajstić information content (AvgIpc) is 2.79. The molecule has 4 rings (SSSR count). The number of halogens is 1. The lowest BCUT2D eigenvalue weighted by atomic mass is 10.1. The van der Waals surface area contributed by atoms with Crippen molar-refractivity contribution in [1.29, 1.82) is 0 Å². The summed E-state index contributed by atoms with van der Waals surface area (Å²) in [4.78, 5) is 13.0. The van der Waals surface area contributed by atoms with Crippen LogP contribution in [0.15, 0.2) is 71.6 Å². The van der Waals surface area contributed by atoms with Crippen LogP contribution in [0.3, 0.4) is 0 Å². The van der Waals surface area contributed by atoms with Crippen molar-refractivity contribution in [2.45, 2.75) is 17.9 Å². The maximum Gasteiger partial charge on any atom is 0.267 e. The molecule has 0 aliphatic carbocycles. The predicted molar refractivity (Wildman–Crippen MR) is 123 cm³/mol. The third-order valence-corrected chi connectivity index (χ3v) is 7.08. The van der Waals surface area contributed by atoms with Crippen molar-refractivity contribution in [3.8, 4) is 11.5 Å². The molecule has 3 aromatic rings. The normalized spacial score (nSPS) is 15.5. The van der Waals surface area contributed by atoms with E-state index < -0.39 is 22.0 Å². The van der Waals surface area contributed by atoms with E-state index in [1.165, 1.54) is 23.5 Å². The number of sulfonamides is 1. The third-order valence-electron chi connectivity index (χ3n) is 5.04. The zero-order valence-electron chi connectivity index (χ0n) is 17.4. The largest absolute Gasteiger partial charge is 0.497 e. The monoisotopic (exact) mass is 472 g/mol. The first kappa shape index (κ1) is 22.0. The number of methoxy groups -OCH3 is 1. The summed E-state index contributed by atoms with van der Waals surface area (Å²) in [6.07, 6.45) is -1.05. The SMILES string of the molecule is COc1ccc(S(=O)(=O)N2C[C@@H](C(=O)Nc3ccc(Cl)cc3)Oc3cc(C)ccc32)cc1. The van der Waals surface area contributed by atoms with Gasteiger partial charge in [-0.05, 0) is 73.2 Å². The van der Waals surface area contributed by atoms with Crippen molar-refractivity contribution >= 4 is 38.9 Å². The summed E-state index contributed by atoms with van der Waals surface area (Å²) in [5.41, 5.74) is 1.79. The van der Waals surface area contributed by atoms with Crippen LogP contribution in [0.25, 0.3) is 0 Å². The van der Waals surface area contributed by atoms with Gasteiger partial charge in [-0.25, -0.2) is 8.42 Å². The molecule has 1 aliphatic heterocycles. The number of amides is 1. The van der Waals surface area contributed by atoms with Crippen LogP contribution in [0.1, 0.15) is 5.56 Å². The van der Waals surface area contributed by atoms with Crippen molar-refractivity contribution in [3.05, 3.63) is 77.3 Å². The zero-order valence-corrected chi connectivity index (χ0v) is 19.0. The topological polar surface area (TPSA) is 84.9 Å². The van der Waals surface area contributed by atoms with Gasteiger partial charge in [0.15, 0.2) is 6.10 Å². The summed E-state index contributed by atoms with van der Waals surface area (Å²) in [6.45, 7) is 1.69. The summed E-state index contributed by atoms with van der Waals surface area (Å²) in [6, 6.07) is 17.9. The van der Waals surface area contributed by atoms with E-state index >= 15 is 0 Å². The fourth-order valence-electron chi connectivity index (χ4n) is 3.36. The summed E-state index contributed by atoms with van der Waals surface area (Å²) >= 11 is 5.90. The van der Waals surface area contributed by atoms with Gasteiger partial charge in [-0.15, -0.1) is 0 Å². The Morgan fingerprint density at radius 1 is 1.09 bits per heavy atom. The molecule has 1 atom stereocenters. The molecule has 1 aliphatic rings. The average molecular weight is 473 g/mol. The van der Waals surface area contributed by atoms with Gasteiger partial charge in [0.1, 0.15) is 11.5 Å². The van der Waals surface area contributed by atoms with E-state index in [1.807, 2.05) is 6.92 Å². The molecule has 0 spiro atoms.